The number of aryl methyl sites for hydroxylation is 2. The second-order valence-corrected chi connectivity index (χ2v) is 7.30. The van der Waals surface area contributed by atoms with Gasteiger partial charge >= 0.3 is 0 Å². The van der Waals surface area contributed by atoms with Crippen molar-refractivity contribution in [3.05, 3.63) is 52.3 Å². The number of aliphatic imine (C=N–C) groups is 1. The van der Waals surface area contributed by atoms with Crippen molar-refractivity contribution in [3.8, 4) is 0 Å². The van der Waals surface area contributed by atoms with Crippen LogP contribution in [-0.4, -0.2) is 34.2 Å². The van der Waals surface area contributed by atoms with Crippen LogP contribution in [0.5, 0.6) is 0 Å². The Morgan fingerprint density at radius 1 is 1.24 bits per heavy atom. The predicted molar refractivity (Wildman–Crippen MR) is 118 cm³/mol. The molecule has 0 aliphatic carbocycles. The first-order valence-corrected chi connectivity index (χ1v) is 10.3. The Bertz CT molecular complexity index is 855. The maximum atomic E-state index is 12.4. The highest BCUT2D eigenvalue weighted by Gasteiger charge is 2.11. The van der Waals surface area contributed by atoms with Crippen molar-refractivity contribution in [2.24, 2.45) is 12.0 Å². The number of carbonyl (C=O) groups excluding carboxylic acids is 1. The van der Waals surface area contributed by atoms with Crippen LogP contribution in [0.1, 0.15) is 60.1 Å². The number of aromatic nitrogens is 2. The summed E-state index contributed by atoms with van der Waals surface area (Å²) in [5.74, 6) is 0.697. The second kappa shape index (κ2) is 10.6. The maximum absolute atomic E-state index is 12.4. The van der Waals surface area contributed by atoms with Crippen LogP contribution in [0, 0.1) is 13.8 Å². The fraction of sp³-hybridized carbons (Fsp3) is 0.500. The molecule has 0 radical (unpaired) electrons. The fourth-order valence-electron chi connectivity index (χ4n) is 2.98. The van der Waals surface area contributed by atoms with E-state index in [-0.39, 0.29) is 11.9 Å². The fourth-order valence-corrected chi connectivity index (χ4v) is 2.98. The van der Waals surface area contributed by atoms with E-state index < -0.39 is 0 Å². The molecule has 2 aromatic rings. The molecule has 0 spiro atoms. The minimum absolute atomic E-state index is 0.0438. The highest BCUT2D eigenvalue weighted by atomic mass is 16.1. The zero-order valence-corrected chi connectivity index (χ0v) is 18.5. The molecule has 0 saturated heterocycles. The monoisotopic (exact) mass is 398 g/mol. The number of benzene rings is 1. The molecule has 1 aromatic carbocycles. The molecule has 1 amide bonds. The summed E-state index contributed by atoms with van der Waals surface area (Å²) >= 11 is 0. The minimum Gasteiger partial charge on any atom is -0.357 e. The Morgan fingerprint density at radius 3 is 2.62 bits per heavy atom. The Morgan fingerprint density at radius 2 is 2.00 bits per heavy atom. The Balaban J connectivity index is 2.06. The van der Waals surface area contributed by atoms with Crippen molar-refractivity contribution >= 4 is 11.9 Å². The zero-order chi connectivity index (χ0) is 21.4. The number of hydrogen-bond acceptors (Lipinski definition) is 3. The van der Waals surface area contributed by atoms with Crippen LogP contribution in [0.15, 0.2) is 29.3 Å². The van der Waals surface area contributed by atoms with Gasteiger partial charge in [0.1, 0.15) is 0 Å². The number of hydrogen-bond donors (Lipinski definition) is 3. The lowest BCUT2D eigenvalue weighted by atomic mass is 10.1. The van der Waals surface area contributed by atoms with Crippen LogP contribution in [0.3, 0.4) is 0 Å². The second-order valence-electron chi connectivity index (χ2n) is 7.30. The van der Waals surface area contributed by atoms with Crippen molar-refractivity contribution in [1.82, 2.24) is 25.7 Å². The third kappa shape index (κ3) is 6.34. The molecule has 0 saturated carbocycles. The molecule has 0 fully saturated rings. The molecule has 7 nitrogen and oxygen atoms in total. The average Bonchev–Trinajstić information content (AvgIpc) is 2.95. The lowest BCUT2D eigenvalue weighted by Gasteiger charge is -2.13. The summed E-state index contributed by atoms with van der Waals surface area (Å²) < 4.78 is 1.90. The van der Waals surface area contributed by atoms with Gasteiger partial charge in [-0.3, -0.25) is 9.48 Å². The van der Waals surface area contributed by atoms with Gasteiger partial charge in [-0.05, 0) is 51.8 Å². The molecule has 3 N–H and O–H groups in total. The third-order valence-corrected chi connectivity index (χ3v) is 5.03. The van der Waals surface area contributed by atoms with Crippen molar-refractivity contribution < 1.29 is 4.79 Å². The molecule has 2 rings (SSSR count). The normalized spacial score (nSPS) is 12.6. The van der Waals surface area contributed by atoms with Crippen molar-refractivity contribution in [2.45, 2.75) is 60.2 Å². The van der Waals surface area contributed by atoms with Crippen LogP contribution < -0.4 is 16.0 Å². The summed E-state index contributed by atoms with van der Waals surface area (Å²) in [5.41, 5.74) is 5.01. The molecule has 1 aromatic heterocycles. The first-order valence-electron chi connectivity index (χ1n) is 10.3. The average molecular weight is 399 g/mol. The lowest BCUT2D eigenvalue weighted by Crippen LogP contribution is -2.37. The molecule has 0 aliphatic rings. The van der Waals surface area contributed by atoms with E-state index in [4.69, 9.17) is 0 Å². The summed E-state index contributed by atoms with van der Waals surface area (Å²) in [5, 5.41) is 14.1. The Labute approximate surface area is 174 Å². The van der Waals surface area contributed by atoms with Gasteiger partial charge in [-0.25, -0.2) is 4.99 Å². The zero-order valence-electron chi connectivity index (χ0n) is 18.5. The largest absolute Gasteiger partial charge is 0.357 e. The van der Waals surface area contributed by atoms with Crippen molar-refractivity contribution in [1.29, 1.82) is 0 Å². The van der Waals surface area contributed by atoms with Gasteiger partial charge in [-0.1, -0.05) is 19.1 Å². The molecule has 29 heavy (non-hydrogen) atoms. The summed E-state index contributed by atoms with van der Waals surface area (Å²) in [6.45, 7) is 12.1. The van der Waals surface area contributed by atoms with E-state index in [1.54, 1.807) is 0 Å². The van der Waals surface area contributed by atoms with Gasteiger partial charge in [0.15, 0.2) is 5.96 Å². The molecule has 1 atom stereocenters. The summed E-state index contributed by atoms with van der Waals surface area (Å²) in [6, 6.07) is 7.79. The van der Waals surface area contributed by atoms with Gasteiger partial charge in [-0.2, -0.15) is 5.10 Å². The van der Waals surface area contributed by atoms with E-state index in [9.17, 15) is 4.79 Å². The summed E-state index contributed by atoms with van der Waals surface area (Å²) in [7, 11) is 1.95. The smallest absolute Gasteiger partial charge is 0.251 e. The van der Waals surface area contributed by atoms with Gasteiger partial charge < -0.3 is 16.0 Å². The Kier molecular flexibility index (Phi) is 8.24. The molecule has 0 aliphatic heterocycles. The maximum Gasteiger partial charge on any atom is 0.251 e. The van der Waals surface area contributed by atoms with Crippen LogP contribution in [0.25, 0.3) is 0 Å². The minimum atomic E-state index is -0.0438. The van der Waals surface area contributed by atoms with Gasteiger partial charge in [0, 0.05) is 43.0 Å². The van der Waals surface area contributed by atoms with Gasteiger partial charge in [0.05, 0.1) is 12.2 Å². The van der Waals surface area contributed by atoms with Crippen LogP contribution in [-0.2, 0) is 20.1 Å². The topological polar surface area (TPSA) is 83.3 Å². The lowest BCUT2D eigenvalue weighted by molar-refractivity contribution is 0.0939. The number of rotatable bonds is 8. The van der Waals surface area contributed by atoms with Crippen LogP contribution in [0.4, 0.5) is 0 Å². The third-order valence-electron chi connectivity index (χ3n) is 5.03. The van der Waals surface area contributed by atoms with Crippen molar-refractivity contribution in [3.63, 3.8) is 0 Å². The van der Waals surface area contributed by atoms with Gasteiger partial charge in [-0.15, -0.1) is 0 Å². The summed E-state index contributed by atoms with van der Waals surface area (Å²) in [4.78, 5) is 17.0. The number of carbonyl (C=O) groups is 1. The number of nitrogens with zero attached hydrogens (tertiary/aromatic N) is 3. The highest BCUT2D eigenvalue weighted by molar-refractivity contribution is 5.94. The number of guanidine groups is 1. The molecule has 0 bridgehead atoms. The molecule has 7 heteroatoms. The summed E-state index contributed by atoms with van der Waals surface area (Å²) in [6.07, 6.45) is 0.906. The molecular formula is C22H34N6O. The Hall–Kier alpha value is -2.83. The van der Waals surface area contributed by atoms with E-state index >= 15 is 0 Å². The van der Waals surface area contributed by atoms with Crippen LogP contribution in [0.2, 0.25) is 0 Å². The van der Waals surface area contributed by atoms with Gasteiger partial charge in [0.2, 0.25) is 0 Å². The molecular weight excluding hydrogens is 364 g/mol. The van der Waals surface area contributed by atoms with E-state index in [0.717, 1.165) is 35.9 Å². The first-order chi connectivity index (χ1) is 13.8. The number of nitrogens with one attached hydrogen (secondary N) is 3. The van der Waals surface area contributed by atoms with E-state index in [0.29, 0.717) is 18.7 Å². The predicted octanol–water partition coefficient (Wildman–Crippen LogP) is 2.82. The van der Waals surface area contributed by atoms with E-state index in [1.807, 2.05) is 56.8 Å². The van der Waals surface area contributed by atoms with Gasteiger partial charge in [0.25, 0.3) is 5.91 Å². The number of amides is 1. The van der Waals surface area contributed by atoms with Crippen LogP contribution >= 0.6 is 0 Å². The van der Waals surface area contributed by atoms with E-state index in [1.165, 1.54) is 5.56 Å². The quantitative estimate of drug-likeness (QED) is 0.472. The SMILES string of the molecule is CCNC(=NCc1cccc(C(=O)NC(C)CC)c1)NCc1c(C)nn(C)c1C. The van der Waals surface area contributed by atoms with Crippen molar-refractivity contribution in [2.75, 3.05) is 6.54 Å². The molecule has 1 unspecified atom stereocenters. The standard InChI is InChI=1S/C22H34N6O/c1-7-15(3)26-21(29)19-11-9-10-18(12-19)13-24-22(23-8-2)25-14-20-16(4)27-28(6)17(20)5/h9-12,15H,7-8,13-14H2,1-6H3,(H,26,29)(H2,23,24,25). The molecule has 158 valence electrons. The van der Waals surface area contributed by atoms with E-state index in [2.05, 4.69) is 39.9 Å². The molecule has 1 heterocycles. The first kappa shape index (κ1) is 22.5. The highest BCUT2D eigenvalue weighted by Crippen LogP contribution is 2.11.